The van der Waals surface area contributed by atoms with E-state index in [1.165, 1.54) is 25.7 Å². The van der Waals surface area contributed by atoms with E-state index in [0.29, 0.717) is 19.3 Å². The first kappa shape index (κ1) is 54.3. The van der Waals surface area contributed by atoms with Gasteiger partial charge in [-0.3, -0.25) is 14.4 Å². The zero-order chi connectivity index (χ0) is 42.3. The van der Waals surface area contributed by atoms with Gasteiger partial charge in [0.1, 0.15) is 13.2 Å². The van der Waals surface area contributed by atoms with Gasteiger partial charge in [-0.1, -0.05) is 189 Å². The third-order valence-corrected chi connectivity index (χ3v) is 9.44. The van der Waals surface area contributed by atoms with Gasteiger partial charge in [0, 0.05) is 19.3 Å². The molecule has 58 heavy (non-hydrogen) atoms. The Bertz CT molecular complexity index is 1200. The Morgan fingerprint density at radius 2 is 0.707 bits per heavy atom. The summed E-state index contributed by atoms with van der Waals surface area (Å²) in [6.07, 6.45) is 59.6. The van der Waals surface area contributed by atoms with E-state index >= 15 is 0 Å². The summed E-state index contributed by atoms with van der Waals surface area (Å²) < 4.78 is 16.7. The van der Waals surface area contributed by atoms with Crippen LogP contribution in [0.5, 0.6) is 0 Å². The fraction of sp³-hybridized carbons (Fsp3) is 0.635. The molecule has 0 bridgehead atoms. The van der Waals surface area contributed by atoms with Crippen LogP contribution >= 0.6 is 0 Å². The van der Waals surface area contributed by atoms with Gasteiger partial charge in [0.05, 0.1) is 0 Å². The van der Waals surface area contributed by atoms with Crippen LogP contribution in [-0.4, -0.2) is 37.2 Å². The number of rotatable bonds is 40. The highest BCUT2D eigenvalue weighted by Gasteiger charge is 2.19. The fourth-order valence-electron chi connectivity index (χ4n) is 6.01. The molecule has 0 amide bonds. The van der Waals surface area contributed by atoms with Gasteiger partial charge in [-0.05, 0) is 83.5 Å². The lowest BCUT2D eigenvalue weighted by Crippen LogP contribution is -2.30. The Morgan fingerprint density at radius 3 is 1.14 bits per heavy atom. The molecule has 6 heteroatoms. The lowest BCUT2D eigenvalue weighted by Gasteiger charge is -2.18. The van der Waals surface area contributed by atoms with E-state index in [4.69, 9.17) is 14.2 Å². The topological polar surface area (TPSA) is 78.9 Å². The van der Waals surface area contributed by atoms with Gasteiger partial charge >= 0.3 is 17.9 Å². The number of carbonyl (C=O) groups excluding carboxylic acids is 3. The van der Waals surface area contributed by atoms with E-state index in [1.807, 2.05) is 6.08 Å². The third kappa shape index (κ3) is 43.5. The van der Waals surface area contributed by atoms with Crippen molar-refractivity contribution in [3.05, 3.63) is 97.2 Å². The molecule has 0 saturated carbocycles. The standard InChI is InChI=1S/C52H84O6/c1-4-7-10-13-16-19-22-25-28-30-33-36-39-42-45-51(54)57-48-49(58-52(55)46-43-40-37-34-31-27-24-21-18-15-12-9-6-3)47-56-50(53)44-41-38-35-32-29-26-23-20-17-14-11-8-5-2/h7-12,14-21,23-24,49H,4-6,13,22,25-48H2,1-3H3/b10-7-,11-8-,12-9-,17-14-,18-15-,19-16-,23-20-,24-21-. The van der Waals surface area contributed by atoms with Crippen molar-refractivity contribution in [2.45, 2.75) is 200 Å². The maximum atomic E-state index is 12.7. The summed E-state index contributed by atoms with van der Waals surface area (Å²) in [5.41, 5.74) is 0. The van der Waals surface area contributed by atoms with E-state index in [1.54, 1.807) is 0 Å². The van der Waals surface area contributed by atoms with Gasteiger partial charge < -0.3 is 14.2 Å². The van der Waals surface area contributed by atoms with Crippen LogP contribution in [0.4, 0.5) is 0 Å². The number of ether oxygens (including phenoxy) is 3. The van der Waals surface area contributed by atoms with Crippen molar-refractivity contribution in [3.8, 4) is 0 Å². The van der Waals surface area contributed by atoms with Crippen LogP contribution < -0.4 is 0 Å². The summed E-state index contributed by atoms with van der Waals surface area (Å²) in [6.45, 7) is 6.20. The molecule has 1 unspecified atom stereocenters. The predicted octanol–water partition coefficient (Wildman–Crippen LogP) is 15.0. The molecular weight excluding hydrogens is 721 g/mol. The Kier molecular flexibility index (Phi) is 43.1. The summed E-state index contributed by atoms with van der Waals surface area (Å²) in [5.74, 6) is -0.957. The smallest absolute Gasteiger partial charge is 0.306 e. The molecule has 0 aliphatic rings. The van der Waals surface area contributed by atoms with Gasteiger partial charge in [0.15, 0.2) is 6.10 Å². The van der Waals surface area contributed by atoms with Gasteiger partial charge in [-0.15, -0.1) is 0 Å². The van der Waals surface area contributed by atoms with Crippen molar-refractivity contribution in [1.82, 2.24) is 0 Å². The van der Waals surface area contributed by atoms with E-state index in [-0.39, 0.29) is 31.1 Å². The largest absolute Gasteiger partial charge is 0.462 e. The maximum absolute atomic E-state index is 12.7. The normalized spacial score (nSPS) is 12.9. The first-order valence-electron chi connectivity index (χ1n) is 23.3. The molecule has 0 spiro atoms. The average molecular weight is 805 g/mol. The van der Waals surface area contributed by atoms with Gasteiger partial charge in [-0.25, -0.2) is 0 Å². The number of allylic oxidation sites excluding steroid dienone is 16. The molecule has 0 radical (unpaired) electrons. The zero-order valence-corrected chi connectivity index (χ0v) is 37.3. The van der Waals surface area contributed by atoms with Gasteiger partial charge in [0.2, 0.25) is 0 Å². The van der Waals surface area contributed by atoms with Crippen molar-refractivity contribution in [1.29, 1.82) is 0 Å². The number of hydrogen-bond donors (Lipinski definition) is 0. The molecule has 0 aromatic carbocycles. The summed E-state index contributed by atoms with van der Waals surface area (Å²) in [4.78, 5) is 37.8. The second-order valence-electron chi connectivity index (χ2n) is 15.0. The number of unbranched alkanes of at least 4 members (excludes halogenated alkanes) is 17. The molecule has 0 rings (SSSR count). The van der Waals surface area contributed by atoms with Crippen molar-refractivity contribution >= 4 is 17.9 Å². The molecule has 0 aromatic heterocycles. The van der Waals surface area contributed by atoms with Crippen LogP contribution in [0.3, 0.4) is 0 Å². The minimum absolute atomic E-state index is 0.0987. The van der Waals surface area contributed by atoms with Crippen LogP contribution in [0.15, 0.2) is 97.2 Å². The highest BCUT2D eigenvalue weighted by Crippen LogP contribution is 2.13. The molecule has 0 N–H and O–H groups in total. The Hall–Kier alpha value is -3.67. The number of hydrogen-bond acceptors (Lipinski definition) is 6. The number of carbonyl (C=O) groups is 3. The lowest BCUT2D eigenvalue weighted by atomic mass is 10.1. The fourth-order valence-corrected chi connectivity index (χ4v) is 6.01. The van der Waals surface area contributed by atoms with E-state index in [0.717, 1.165) is 128 Å². The lowest BCUT2D eigenvalue weighted by molar-refractivity contribution is -0.167. The zero-order valence-electron chi connectivity index (χ0n) is 37.3. The summed E-state index contributed by atoms with van der Waals surface area (Å²) in [6, 6.07) is 0. The molecule has 0 fully saturated rings. The molecule has 6 nitrogen and oxygen atoms in total. The number of esters is 3. The van der Waals surface area contributed by atoms with Crippen LogP contribution in [0.25, 0.3) is 0 Å². The van der Waals surface area contributed by atoms with E-state index in [2.05, 4.69) is 112 Å². The van der Waals surface area contributed by atoms with Crippen LogP contribution in [0.1, 0.15) is 194 Å². The minimum atomic E-state index is -0.799. The average Bonchev–Trinajstić information content (AvgIpc) is 3.22. The van der Waals surface area contributed by atoms with Crippen molar-refractivity contribution in [3.63, 3.8) is 0 Å². The highest BCUT2D eigenvalue weighted by molar-refractivity contribution is 5.71. The maximum Gasteiger partial charge on any atom is 0.306 e. The van der Waals surface area contributed by atoms with Gasteiger partial charge in [0.25, 0.3) is 0 Å². The molecule has 0 saturated heterocycles. The molecule has 328 valence electrons. The molecule has 0 heterocycles. The Balaban J connectivity index is 4.47. The molecule has 0 aliphatic carbocycles. The van der Waals surface area contributed by atoms with Crippen molar-refractivity contribution in [2.24, 2.45) is 0 Å². The summed E-state index contributed by atoms with van der Waals surface area (Å²) >= 11 is 0. The molecule has 0 aromatic rings. The molecular formula is C52H84O6. The first-order chi connectivity index (χ1) is 28.5. The Morgan fingerprint density at radius 1 is 0.362 bits per heavy atom. The van der Waals surface area contributed by atoms with Gasteiger partial charge in [-0.2, -0.15) is 0 Å². The first-order valence-corrected chi connectivity index (χ1v) is 23.3. The van der Waals surface area contributed by atoms with Crippen LogP contribution in [0, 0.1) is 0 Å². The van der Waals surface area contributed by atoms with E-state index in [9.17, 15) is 14.4 Å². The van der Waals surface area contributed by atoms with Crippen molar-refractivity contribution < 1.29 is 28.6 Å². The van der Waals surface area contributed by atoms with Crippen molar-refractivity contribution in [2.75, 3.05) is 13.2 Å². The predicted molar refractivity (Wildman–Crippen MR) is 247 cm³/mol. The van der Waals surface area contributed by atoms with Crippen LogP contribution in [-0.2, 0) is 28.6 Å². The summed E-state index contributed by atoms with van der Waals surface area (Å²) in [7, 11) is 0. The highest BCUT2D eigenvalue weighted by atomic mass is 16.6. The summed E-state index contributed by atoms with van der Waals surface area (Å²) in [5, 5.41) is 0. The SMILES string of the molecule is CC\C=C/C=C\C=C/CCCCCCCC(=O)OCC(COC(=O)CCCCCCCCC/C=C\C/C=C\CC)OC(=O)CCCCCCC\C=C/C=C\C=C/CC. The monoisotopic (exact) mass is 805 g/mol. The third-order valence-electron chi connectivity index (χ3n) is 9.44. The second-order valence-corrected chi connectivity index (χ2v) is 15.0. The molecule has 1 atom stereocenters. The quantitative estimate of drug-likeness (QED) is 0.0202. The Labute approximate surface area is 356 Å². The minimum Gasteiger partial charge on any atom is -0.462 e. The second kappa shape index (κ2) is 46.0. The molecule has 0 aliphatic heterocycles. The van der Waals surface area contributed by atoms with Crippen LogP contribution in [0.2, 0.25) is 0 Å². The van der Waals surface area contributed by atoms with E-state index < -0.39 is 6.10 Å².